The van der Waals surface area contributed by atoms with Crippen molar-refractivity contribution in [1.29, 1.82) is 0 Å². The lowest BCUT2D eigenvalue weighted by molar-refractivity contribution is -0.118. The Morgan fingerprint density at radius 2 is 2.28 bits per heavy atom. The highest BCUT2D eigenvalue weighted by molar-refractivity contribution is 6.20. The van der Waals surface area contributed by atoms with Gasteiger partial charge in [-0.25, -0.2) is 4.98 Å². The van der Waals surface area contributed by atoms with Crippen LogP contribution in [0.15, 0.2) is 18.2 Å². The summed E-state index contributed by atoms with van der Waals surface area (Å²) in [5.41, 5.74) is 8.26. The van der Waals surface area contributed by atoms with Crippen molar-refractivity contribution in [3.8, 4) is 0 Å². The van der Waals surface area contributed by atoms with E-state index in [4.69, 9.17) is 17.3 Å². The van der Waals surface area contributed by atoms with Crippen molar-refractivity contribution in [2.45, 2.75) is 32.2 Å². The van der Waals surface area contributed by atoms with E-state index < -0.39 is 0 Å². The number of imidazole rings is 1. The lowest BCUT2D eigenvalue weighted by atomic mass is 10.2. The molecule has 5 heteroatoms. The van der Waals surface area contributed by atoms with E-state index >= 15 is 0 Å². The van der Waals surface area contributed by atoms with Gasteiger partial charge in [0.25, 0.3) is 0 Å². The fourth-order valence-corrected chi connectivity index (χ4v) is 2.30. The van der Waals surface area contributed by atoms with Gasteiger partial charge >= 0.3 is 0 Å². The van der Waals surface area contributed by atoms with Crippen molar-refractivity contribution in [3.63, 3.8) is 0 Å². The fraction of sp³-hybridized carbons (Fsp3) is 0.385. The van der Waals surface area contributed by atoms with Crippen LogP contribution in [0.25, 0.3) is 11.0 Å². The summed E-state index contributed by atoms with van der Waals surface area (Å²) in [6.45, 7) is 4.41. The number of primary amides is 1. The molecule has 0 aliphatic rings. The van der Waals surface area contributed by atoms with Gasteiger partial charge in [0.15, 0.2) is 0 Å². The third kappa shape index (κ3) is 2.34. The van der Waals surface area contributed by atoms with Gasteiger partial charge in [-0.15, -0.1) is 11.6 Å². The van der Waals surface area contributed by atoms with E-state index in [0.29, 0.717) is 6.54 Å². The van der Waals surface area contributed by atoms with E-state index in [1.807, 2.05) is 36.6 Å². The van der Waals surface area contributed by atoms with Crippen LogP contribution in [0.3, 0.4) is 0 Å². The number of hydrogen-bond acceptors (Lipinski definition) is 2. The molecule has 1 unspecified atom stereocenters. The SMILES string of the molecule is Cc1cccc2nc(C(C)Cl)n(CCC(N)=O)c12. The van der Waals surface area contributed by atoms with Crippen LogP contribution in [0, 0.1) is 6.92 Å². The number of carbonyl (C=O) groups excluding carboxylic acids is 1. The van der Waals surface area contributed by atoms with Crippen molar-refractivity contribution < 1.29 is 4.79 Å². The maximum absolute atomic E-state index is 11.0. The van der Waals surface area contributed by atoms with Gasteiger partial charge in [-0.05, 0) is 25.5 Å². The first-order valence-corrected chi connectivity index (χ1v) is 6.32. The molecule has 2 rings (SSSR count). The predicted molar refractivity (Wildman–Crippen MR) is 72.5 cm³/mol. The summed E-state index contributed by atoms with van der Waals surface area (Å²) in [7, 11) is 0. The maximum atomic E-state index is 11.0. The second-order valence-electron chi connectivity index (χ2n) is 4.40. The normalized spacial score (nSPS) is 12.8. The molecular weight excluding hydrogens is 250 g/mol. The molecular formula is C13H16ClN3O. The second-order valence-corrected chi connectivity index (χ2v) is 5.05. The highest BCUT2D eigenvalue weighted by atomic mass is 35.5. The number of fused-ring (bicyclic) bond motifs is 1. The Labute approximate surface area is 111 Å². The molecule has 1 aromatic carbocycles. The Morgan fingerprint density at radius 1 is 1.56 bits per heavy atom. The van der Waals surface area contributed by atoms with Gasteiger partial charge in [0.1, 0.15) is 5.82 Å². The minimum Gasteiger partial charge on any atom is -0.370 e. The summed E-state index contributed by atoms with van der Waals surface area (Å²) in [5.74, 6) is 0.459. The molecule has 0 spiro atoms. The van der Waals surface area contributed by atoms with Gasteiger partial charge < -0.3 is 10.3 Å². The first-order chi connectivity index (χ1) is 8.50. The molecule has 0 aliphatic heterocycles. The van der Waals surface area contributed by atoms with E-state index in [9.17, 15) is 4.79 Å². The maximum Gasteiger partial charge on any atom is 0.219 e. The number of alkyl halides is 1. The van der Waals surface area contributed by atoms with Crippen LogP contribution in [-0.2, 0) is 11.3 Å². The molecule has 1 atom stereocenters. The molecule has 0 radical (unpaired) electrons. The van der Waals surface area contributed by atoms with E-state index in [1.165, 1.54) is 0 Å². The molecule has 96 valence electrons. The summed E-state index contributed by atoms with van der Waals surface area (Å²) >= 11 is 6.15. The Kier molecular flexibility index (Phi) is 3.57. The van der Waals surface area contributed by atoms with Gasteiger partial charge in [-0.2, -0.15) is 0 Å². The summed E-state index contributed by atoms with van der Waals surface area (Å²) in [5, 5.41) is -0.204. The number of nitrogens with zero attached hydrogens (tertiary/aromatic N) is 2. The molecule has 1 amide bonds. The Bertz CT molecular complexity index is 589. The highest BCUT2D eigenvalue weighted by Crippen LogP contribution is 2.26. The number of benzene rings is 1. The number of halogens is 1. The van der Waals surface area contributed by atoms with Crippen LogP contribution in [-0.4, -0.2) is 15.5 Å². The lowest BCUT2D eigenvalue weighted by Crippen LogP contribution is -2.15. The number of rotatable bonds is 4. The number of amides is 1. The standard InChI is InChI=1S/C13H16ClN3O/c1-8-4-3-5-10-12(8)17(7-6-11(15)18)13(16-10)9(2)14/h3-5,9H,6-7H2,1-2H3,(H2,15,18). The average molecular weight is 266 g/mol. The van der Waals surface area contributed by atoms with Crippen molar-refractivity contribution in [2.75, 3.05) is 0 Å². The number of nitrogens with two attached hydrogens (primary N) is 1. The van der Waals surface area contributed by atoms with Gasteiger partial charge in [0, 0.05) is 13.0 Å². The second kappa shape index (κ2) is 4.98. The van der Waals surface area contributed by atoms with Crippen LogP contribution in [0.1, 0.15) is 30.1 Å². The highest BCUT2D eigenvalue weighted by Gasteiger charge is 2.16. The molecule has 0 fully saturated rings. The van der Waals surface area contributed by atoms with Crippen LogP contribution in [0.5, 0.6) is 0 Å². The van der Waals surface area contributed by atoms with Gasteiger partial charge in [0.05, 0.1) is 16.4 Å². The summed E-state index contributed by atoms with van der Waals surface area (Å²) in [4.78, 5) is 15.5. The van der Waals surface area contributed by atoms with Gasteiger partial charge in [0.2, 0.25) is 5.91 Å². The molecule has 2 N–H and O–H groups in total. The van der Waals surface area contributed by atoms with Crippen molar-refractivity contribution >= 4 is 28.5 Å². The topological polar surface area (TPSA) is 60.9 Å². The summed E-state index contributed by atoms with van der Waals surface area (Å²) < 4.78 is 1.99. The van der Waals surface area contributed by atoms with E-state index in [2.05, 4.69) is 4.98 Å². The Balaban J connectivity index is 2.57. The largest absolute Gasteiger partial charge is 0.370 e. The number of para-hydroxylation sites is 1. The van der Waals surface area contributed by atoms with Crippen molar-refractivity contribution in [3.05, 3.63) is 29.6 Å². The smallest absolute Gasteiger partial charge is 0.219 e. The van der Waals surface area contributed by atoms with E-state index in [1.54, 1.807) is 0 Å². The Hall–Kier alpha value is -1.55. The zero-order valence-corrected chi connectivity index (χ0v) is 11.2. The lowest BCUT2D eigenvalue weighted by Gasteiger charge is -2.10. The molecule has 0 aliphatic carbocycles. The molecule has 1 heterocycles. The molecule has 0 bridgehead atoms. The number of aryl methyl sites for hydroxylation is 2. The van der Waals surface area contributed by atoms with E-state index in [-0.39, 0.29) is 17.7 Å². The first-order valence-electron chi connectivity index (χ1n) is 5.89. The van der Waals surface area contributed by atoms with Gasteiger partial charge in [-0.3, -0.25) is 4.79 Å². The quantitative estimate of drug-likeness (QED) is 0.864. The average Bonchev–Trinajstić information content (AvgIpc) is 2.66. The molecule has 4 nitrogen and oxygen atoms in total. The molecule has 0 saturated carbocycles. The predicted octanol–water partition coefficient (Wildman–Crippen LogP) is 2.52. The monoisotopic (exact) mass is 265 g/mol. The summed E-state index contributed by atoms with van der Waals surface area (Å²) in [6.07, 6.45) is 0.288. The zero-order chi connectivity index (χ0) is 13.3. The third-order valence-electron chi connectivity index (χ3n) is 2.94. The number of carbonyl (C=O) groups is 1. The van der Waals surface area contributed by atoms with Gasteiger partial charge in [-0.1, -0.05) is 12.1 Å². The van der Waals surface area contributed by atoms with Crippen LogP contribution in [0.2, 0.25) is 0 Å². The van der Waals surface area contributed by atoms with Crippen LogP contribution >= 0.6 is 11.6 Å². The molecule has 2 aromatic rings. The number of hydrogen-bond donors (Lipinski definition) is 1. The zero-order valence-electron chi connectivity index (χ0n) is 10.5. The first kappa shape index (κ1) is 12.9. The fourth-order valence-electron chi connectivity index (χ4n) is 2.14. The molecule has 1 aromatic heterocycles. The summed E-state index contributed by atoms with van der Waals surface area (Å²) in [6, 6.07) is 5.94. The van der Waals surface area contributed by atoms with Crippen LogP contribution in [0.4, 0.5) is 0 Å². The van der Waals surface area contributed by atoms with E-state index in [0.717, 1.165) is 22.4 Å². The van der Waals surface area contributed by atoms with Crippen LogP contribution < -0.4 is 5.73 Å². The molecule has 18 heavy (non-hydrogen) atoms. The minimum absolute atomic E-state index is 0.204. The minimum atomic E-state index is -0.321. The van der Waals surface area contributed by atoms with Crippen molar-refractivity contribution in [2.24, 2.45) is 5.73 Å². The Morgan fingerprint density at radius 3 is 2.89 bits per heavy atom. The number of aromatic nitrogens is 2. The van der Waals surface area contributed by atoms with Crippen molar-refractivity contribution in [1.82, 2.24) is 9.55 Å². The third-order valence-corrected chi connectivity index (χ3v) is 3.13. The molecule has 0 saturated heterocycles.